The first-order valence-electron chi connectivity index (χ1n) is 14.6. The standard InChI is InChI=1S/2C19H18O2/c2*1-4-19(2,3)12-9-10-15-16(11-12)18(21)14-8-6-5-7-13(14)17(15)20/h2*5-11H,4H2,1-3H3. The average Bonchev–Trinajstić information content (AvgIpc) is 3.02. The van der Waals surface area contributed by atoms with E-state index >= 15 is 0 Å². The highest BCUT2D eigenvalue weighted by Gasteiger charge is 2.32. The molecule has 0 radical (unpaired) electrons. The zero-order valence-electron chi connectivity index (χ0n) is 25.1. The number of fused-ring (bicyclic) bond motifs is 4. The zero-order chi connectivity index (χ0) is 30.4. The van der Waals surface area contributed by atoms with Crippen molar-refractivity contribution in [2.24, 2.45) is 0 Å². The highest BCUT2D eigenvalue weighted by Crippen LogP contribution is 2.34. The van der Waals surface area contributed by atoms with Crippen molar-refractivity contribution < 1.29 is 19.2 Å². The summed E-state index contributed by atoms with van der Waals surface area (Å²) in [6.07, 6.45) is 1.95. The zero-order valence-corrected chi connectivity index (χ0v) is 25.1. The van der Waals surface area contributed by atoms with E-state index in [1.165, 1.54) is 0 Å². The molecule has 0 bridgehead atoms. The van der Waals surface area contributed by atoms with Crippen molar-refractivity contribution in [1.29, 1.82) is 0 Å². The van der Waals surface area contributed by atoms with E-state index < -0.39 is 0 Å². The fraction of sp³-hybridized carbons (Fsp3) is 0.263. The van der Waals surface area contributed by atoms with Crippen LogP contribution >= 0.6 is 0 Å². The molecule has 0 spiro atoms. The lowest BCUT2D eigenvalue weighted by atomic mass is 9.77. The second-order valence-electron chi connectivity index (χ2n) is 12.4. The Labute approximate surface area is 247 Å². The van der Waals surface area contributed by atoms with Crippen LogP contribution in [0.3, 0.4) is 0 Å². The summed E-state index contributed by atoms with van der Waals surface area (Å²) >= 11 is 0. The summed E-state index contributed by atoms with van der Waals surface area (Å²) in [5, 5.41) is 0. The van der Waals surface area contributed by atoms with E-state index in [4.69, 9.17) is 0 Å². The Morgan fingerprint density at radius 1 is 0.405 bits per heavy atom. The van der Waals surface area contributed by atoms with Crippen molar-refractivity contribution in [3.63, 3.8) is 0 Å². The first-order valence-corrected chi connectivity index (χ1v) is 14.6. The molecule has 0 amide bonds. The van der Waals surface area contributed by atoms with Gasteiger partial charge in [-0.1, -0.05) is 102 Å². The van der Waals surface area contributed by atoms with Crippen molar-refractivity contribution in [3.8, 4) is 0 Å². The van der Waals surface area contributed by atoms with E-state index in [1.807, 2.05) is 24.3 Å². The van der Waals surface area contributed by atoms with E-state index in [9.17, 15) is 19.2 Å². The van der Waals surface area contributed by atoms with Gasteiger partial charge >= 0.3 is 0 Å². The lowest BCUT2D eigenvalue weighted by molar-refractivity contribution is 0.0979. The number of rotatable bonds is 4. The molecular formula is C38H36O4. The maximum absolute atomic E-state index is 12.7. The molecule has 2 aliphatic rings. The predicted molar refractivity (Wildman–Crippen MR) is 166 cm³/mol. The third-order valence-electron chi connectivity index (χ3n) is 9.18. The fourth-order valence-corrected chi connectivity index (χ4v) is 5.45. The second-order valence-corrected chi connectivity index (χ2v) is 12.4. The summed E-state index contributed by atoms with van der Waals surface area (Å²) < 4.78 is 0. The number of carbonyl (C=O) groups is 4. The maximum Gasteiger partial charge on any atom is 0.194 e. The molecule has 4 aromatic rings. The van der Waals surface area contributed by atoms with Crippen molar-refractivity contribution in [3.05, 3.63) is 141 Å². The van der Waals surface area contributed by atoms with Gasteiger partial charge in [0.2, 0.25) is 0 Å². The molecular weight excluding hydrogens is 520 g/mol. The third kappa shape index (κ3) is 4.85. The smallest absolute Gasteiger partial charge is 0.194 e. The van der Waals surface area contributed by atoms with E-state index in [2.05, 4.69) is 41.5 Å². The molecule has 4 heteroatoms. The van der Waals surface area contributed by atoms with E-state index in [0.717, 1.165) is 24.0 Å². The minimum atomic E-state index is -0.0546. The molecule has 0 aliphatic heterocycles. The molecule has 0 fully saturated rings. The Bertz CT molecular complexity index is 1640. The van der Waals surface area contributed by atoms with Crippen LogP contribution in [0.4, 0.5) is 0 Å². The predicted octanol–water partition coefficient (Wildman–Crippen LogP) is 8.30. The number of carbonyl (C=O) groups excluding carboxylic acids is 4. The van der Waals surface area contributed by atoms with Gasteiger partial charge in [0, 0.05) is 44.5 Å². The first kappa shape index (κ1) is 29.1. The minimum absolute atomic E-state index is 0.00464. The summed E-state index contributed by atoms with van der Waals surface area (Å²) in [5.41, 5.74) is 6.37. The van der Waals surface area contributed by atoms with Crippen LogP contribution in [0.25, 0.3) is 0 Å². The lowest BCUT2D eigenvalue weighted by Gasteiger charge is -2.26. The Morgan fingerprint density at radius 2 is 0.667 bits per heavy atom. The summed E-state index contributed by atoms with van der Waals surface area (Å²) in [6, 6.07) is 25.5. The Morgan fingerprint density at radius 3 is 0.952 bits per heavy atom. The summed E-state index contributed by atoms with van der Waals surface area (Å²) in [4.78, 5) is 50.4. The van der Waals surface area contributed by atoms with Gasteiger partial charge in [-0.3, -0.25) is 19.2 Å². The topological polar surface area (TPSA) is 68.3 Å². The van der Waals surface area contributed by atoms with Gasteiger partial charge in [-0.25, -0.2) is 0 Å². The molecule has 0 saturated heterocycles. The van der Waals surface area contributed by atoms with Crippen LogP contribution in [-0.4, -0.2) is 23.1 Å². The van der Waals surface area contributed by atoms with E-state index in [1.54, 1.807) is 60.7 Å². The molecule has 0 unspecified atom stereocenters. The van der Waals surface area contributed by atoms with Gasteiger partial charge in [-0.05, 0) is 59.1 Å². The van der Waals surface area contributed by atoms with Crippen LogP contribution in [0.15, 0.2) is 84.9 Å². The van der Waals surface area contributed by atoms with Crippen LogP contribution in [0.5, 0.6) is 0 Å². The second kappa shape index (κ2) is 10.8. The molecule has 6 rings (SSSR count). The molecule has 4 nitrogen and oxygen atoms in total. The third-order valence-corrected chi connectivity index (χ3v) is 9.18. The Balaban J connectivity index is 0.000000168. The highest BCUT2D eigenvalue weighted by molar-refractivity contribution is 6.29. The van der Waals surface area contributed by atoms with E-state index in [-0.39, 0.29) is 34.0 Å². The van der Waals surface area contributed by atoms with Crippen LogP contribution in [0.1, 0.15) is 129 Å². The van der Waals surface area contributed by atoms with E-state index in [0.29, 0.717) is 44.5 Å². The van der Waals surface area contributed by atoms with Gasteiger partial charge in [0.1, 0.15) is 0 Å². The van der Waals surface area contributed by atoms with Crippen molar-refractivity contribution in [1.82, 2.24) is 0 Å². The molecule has 212 valence electrons. The summed E-state index contributed by atoms with van der Waals surface area (Å²) in [7, 11) is 0. The first-order chi connectivity index (χ1) is 19.9. The SMILES string of the molecule is CCC(C)(C)c1ccc2c(c1)C(=O)c1ccccc1C2=O.CCC(C)(C)c1ccc2c(c1)C(=O)c1ccccc1C2=O. The Hall–Kier alpha value is -4.44. The Kier molecular flexibility index (Phi) is 7.44. The highest BCUT2D eigenvalue weighted by atomic mass is 16.1. The average molecular weight is 557 g/mol. The monoisotopic (exact) mass is 556 g/mol. The van der Waals surface area contributed by atoms with Crippen molar-refractivity contribution >= 4 is 23.1 Å². The molecule has 0 atom stereocenters. The number of ketones is 4. The molecule has 2 aliphatic carbocycles. The maximum atomic E-state index is 12.7. The summed E-state index contributed by atoms with van der Waals surface area (Å²) in [6.45, 7) is 12.9. The fourth-order valence-electron chi connectivity index (χ4n) is 5.45. The number of hydrogen-bond donors (Lipinski definition) is 0. The summed E-state index contributed by atoms with van der Waals surface area (Å²) in [5.74, 6) is -0.204. The van der Waals surface area contributed by atoms with Gasteiger partial charge in [0.15, 0.2) is 23.1 Å². The van der Waals surface area contributed by atoms with Crippen molar-refractivity contribution in [2.45, 2.75) is 65.2 Å². The van der Waals surface area contributed by atoms with Gasteiger partial charge < -0.3 is 0 Å². The number of benzene rings is 4. The van der Waals surface area contributed by atoms with Gasteiger partial charge in [0.25, 0.3) is 0 Å². The lowest BCUT2D eigenvalue weighted by Crippen LogP contribution is -2.23. The van der Waals surface area contributed by atoms with Crippen LogP contribution in [0, 0.1) is 0 Å². The van der Waals surface area contributed by atoms with Gasteiger partial charge in [-0.2, -0.15) is 0 Å². The molecule has 0 heterocycles. The number of hydrogen-bond acceptors (Lipinski definition) is 4. The molecule has 42 heavy (non-hydrogen) atoms. The van der Waals surface area contributed by atoms with Crippen molar-refractivity contribution in [2.75, 3.05) is 0 Å². The normalized spacial score (nSPS) is 13.9. The largest absolute Gasteiger partial charge is 0.289 e. The van der Waals surface area contributed by atoms with Crippen LogP contribution in [0.2, 0.25) is 0 Å². The quantitative estimate of drug-likeness (QED) is 0.219. The molecule has 0 aromatic heterocycles. The van der Waals surface area contributed by atoms with Crippen LogP contribution in [-0.2, 0) is 10.8 Å². The molecule has 0 N–H and O–H groups in total. The van der Waals surface area contributed by atoms with Gasteiger partial charge in [0.05, 0.1) is 0 Å². The molecule has 4 aromatic carbocycles. The molecule has 0 saturated carbocycles. The minimum Gasteiger partial charge on any atom is -0.289 e. The van der Waals surface area contributed by atoms with Crippen LogP contribution < -0.4 is 0 Å². The van der Waals surface area contributed by atoms with Gasteiger partial charge in [-0.15, -0.1) is 0 Å².